The predicted octanol–water partition coefficient (Wildman–Crippen LogP) is 10.8. The second-order valence-electron chi connectivity index (χ2n) is 15.2. The molecule has 1 amide bonds. The van der Waals surface area contributed by atoms with E-state index in [4.69, 9.17) is 23.7 Å². The van der Waals surface area contributed by atoms with Gasteiger partial charge in [-0.3, -0.25) is 4.90 Å². The second kappa shape index (κ2) is 20.8. The van der Waals surface area contributed by atoms with Crippen LogP contribution in [0.1, 0.15) is 38.9 Å². The van der Waals surface area contributed by atoms with Gasteiger partial charge in [-0.25, -0.2) is 4.79 Å². The molecule has 4 atom stereocenters. The minimum Gasteiger partial charge on any atom is -0.445 e. The molecule has 1 heterocycles. The van der Waals surface area contributed by atoms with Gasteiger partial charge in [-0.2, -0.15) is 0 Å². The van der Waals surface area contributed by atoms with Crippen LogP contribution in [0.5, 0.6) is 0 Å². The summed E-state index contributed by atoms with van der Waals surface area (Å²) in [6.45, 7) is 1.24. The summed E-state index contributed by atoms with van der Waals surface area (Å²) < 4.78 is 34.5. The van der Waals surface area contributed by atoms with E-state index in [1.807, 2.05) is 176 Å². The van der Waals surface area contributed by atoms with Crippen LogP contribution >= 0.6 is 0 Å². The van der Waals surface area contributed by atoms with Crippen LogP contribution in [0.2, 0.25) is 0 Å². The number of amides is 1. The van der Waals surface area contributed by atoms with E-state index in [1.165, 1.54) is 0 Å². The Bertz CT molecular complexity index is 2240. The Hall–Kier alpha value is -6.35. The highest BCUT2D eigenvalue weighted by molar-refractivity contribution is 5.68. The molecule has 308 valence electrons. The van der Waals surface area contributed by atoms with Crippen LogP contribution in [0, 0.1) is 0 Å². The molecule has 1 aliphatic heterocycles. The number of carbonyl (C=O) groups excluding carboxylic acids is 1. The molecule has 0 aliphatic carbocycles. The molecular weight excluding hydrogens is 759 g/mol. The van der Waals surface area contributed by atoms with Crippen molar-refractivity contribution >= 4 is 6.09 Å². The lowest BCUT2D eigenvalue weighted by atomic mass is 9.80. The van der Waals surface area contributed by atoms with Crippen LogP contribution in [0.25, 0.3) is 0 Å². The zero-order valence-electron chi connectivity index (χ0n) is 34.2. The molecule has 0 unspecified atom stereocenters. The number of ether oxygens (including phenoxy) is 5. The van der Waals surface area contributed by atoms with E-state index in [2.05, 4.69) is 36.4 Å². The minimum absolute atomic E-state index is 0.0647. The smallest absolute Gasteiger partial charge is 0.410 e. The lowest BCUT2D eigenvalue weighted by molar-refractivity contribution is -0.208. The first-order valence-corrected chi connectivity index (χ1v) is 20.9. The van der Waals surface area contributed by atoms with Gasteiger partial charge in [0, 0.05) is 0 Å². The van der Waals surface area contributed by atoms with Gasteiger partial charge in [0.05, 0.1) is 39.0 Å². The standard InChI is InChI=1S/C54H51NO6/c56-53(60-40-45-28-14-4-15-29-45)55-36-50(57-37-42-22-8-1-9-23-42)52(59-39-44-26-12-3-13-27-44)51(58-38-43-24-10-2-11-25-43)49(55)41-61-54(46-30-16-5-17-31-46,47-32-18-6-19-33-47)48-34-20-7-21-35-48/h1-35,49-52H,36-41H2/t49-,50+,51-,52-/m1/s1. The summed E-state index contributed by atoms with van der Waals surface area (Å²) in [7, 11) is 0. The summed E-state index contributed by atoms with van der Waals surface area (Å²) in [6.07, 6.45) is -2.42. The SMILES string of the molecule is O=C(OCc1ccccc1)N1C[C@H](OCc2ccccc2)[C@@H](OCc2ccccc2)[C@H](OCc2ccccc2)[C@H]1COC(c1ccccc1)(c1ccccc1)c1ccccc1. The third-order valence-electron chi connectivity index (χ3n) is 11.2. The number of likely N-dealkylation sites (tertiary alicyclic amines) is 1. The van der Waals surface area contributed by atoms with Crippen molar-refractivity contribution in [2.24, 2.45) is 0 Å². The predicted molar refractivity (Wildman–Crippen MR) is 237 cm³/mol. The van der Waals surface area contributed by atoms with Crippen molar-refractivity contribution in [2.75, 3.05) is 13.2 Å². The normalized spacial score (nSPS) is 17.7. The molecule has 0 N–H and O–H groups in total. The minimum atomic E-state index is -1.06. The molecule has 1 saturated heterocycles. The summed E-state index contributed by atoms with van der Waals surface area (Å²) in [5, 5.41) is 0. The number of carbonyl (C=O) groups is 1. The van der Waals surface area contributed by atoms with E-state index in [9.17, 15) is 4.79 Å². The van der Waals surface area contributed by atoms with Gasteiger partial charge in [-0.15, -0.1) is 0 Å². The van der Waals surface area contributed by atoms with E-state index in [1.54, 1.807) is 4.90 Å². The second-order valence-corrected chi connectivity index (χ2v) is 15.2. The van der Waals surface area contributed by atoms with E-state index in [0.29, 0.717) is 13.2 Å². The summed E-state index contributed by atoms with van der Waals surface area (Å²) >= 11 is 0. The Balaban J connectivity index is 1.23. The number of hydrogen-bond donors (Lipinski definition) is 0. The molecule has 8 rings (SSSR count). The maximum absolute atomic E-state index is 14.7. The lowest BCUT2D eigenvalue weighted by Crippen LogP contribution is -2.66. The fraction of sp³-hybridized carbons (Fsp3) is 0.204. The lowest BCUT2D eigenvalue weighted by Gasteiger charge is -2.48. The molecule has 61 heavy (non-hydrogen) atoms. The van der Waals surface area contributed by atoms with Crippen LogP contribution < -0.4 is 0 Å². The summed E-state index contributed by atoms with van der Waals surface area (Å²) in [6, 6.07) is 70.0. The highest BCUT2D eigenvalue weighted by Crippen LogP contribution is 2.42. The van der Waals surface area contributed by atoms with Gasteiger partial charge in [0.2, 0.25) is 0 Å². The number of nitrogens with zero attached hydrogens (tertiary/aromatic N) is 1. The first-order valence-electron chi connectivity index (χ1n) is 20.9. The van der Waals surface area contributed by atoms with E-state index in [0.717, 1.165) is 38.9 Å². The summed E-state index contributed by atoms with van der Waals surface area (Å²) in [5.74, 6) is 0. The highest BCUT2D eigenvalue weighted by Gasteiger charge is 2.50. The first kappa shape index (κ1) is 41.4. The van der Waals surface area contributed by atoms with Crippen LogP contribution in [0.3, 0.4) is 0 Å². The Kier molecular flexibility index (Phi) is 14.1. The first-order chi connectivity index (χ1) is 30.2. The summed E-state index contributed by atoms with van der Waals surface area (Å²) in [4.78, 5) is 16.5. The van der Waals surface area contributed by atoms with Gasteiger partial charge in [-0.1, -0.05) is 212 Å². The average Bonchev–Trinajstić information content (AvgIpc) is 3.34. The molecule has 0 radical (unpaired) electrons. The molecule has 7 aromatic rings. The number of benzene rings is 7. The molecule has 1 fully saturated rings. The zero-order chi connectivity index (χ0) is 41.5. The Morgan fingerprint density at radius 1 is 0.443 bits per heavy atom. The van der Waals surface area contributed by atoms with Crippen molar-refractivity contribution in [1.82, 2.24) is 4.90 Å². The molecule has 1 aliphatic rings. The number of piperidine rings is 1. The molecule has 0 bridgehead atoms. The van der Waals surface area contributed by atoms with E-state index < -0.39 is 36.0 Å². The van der Waals surface area contributed by atoms with Crippen molar-refractivity contribution in [1.29, 1.82) is 0 Å². The quantitative estimate of drug-likeness (QED) is 0.0854. The van der Waals surface area contributed by atoms with Gasteiger partial charge >= 0.3 is 6.09 Å². The Morgan fingerprint density at radius 2 is 0.787 bits per heavy atom. The maximum Gasteiger partial charge on any atom is 0.410 e. The Morgan fingerprint density at radius 3 is 1.20 bits per heavy atom. The van der Waals surface area contributed by atoms with E-state index in [-0.39, 0.29) is 26.4 Å². The largest absolute Gasteiger partial charge is 0.445 e. The fourth-order valence-corrected chi connectivity index (χ4v) is 8.08. The highest BCUT2D eigenvalue weighted by atomic mass is 16.6. The molecule has 0 spiro atoms. The van der Waals surface area contributed by atoms with Crippen molar-refractivity contribution in [3.8, 4) is 0 Å². The van der Waals surface area contributed by atoms with Gasteiger partial charge in [-0.05, 0) is 38.9 Å². The topological polar surface area (TPSA) is 66.5 Å². The average molecular weight is 810 g/mol. The van der Waals surface area contributed by atoms with Gasteiger partial charge < -0.3 is 23.7 Å². The molecular formula is C54H51NO6. The third kappa shape index (κ3) is 10.3. The Labute approximate surface area is 359 Å². The van der Waals surface area contributed by atoms with Crippen molar-refractivity contribution < 1.29 is 28.5 Å². The van der Waals surface area contributed by atoms with Crippen LogP contribution in [0.4, 0.5) is 4.79 Å². The van der Waals surface area contributed by atoms with Gasteiger partial charge in [0.15, 0.2) is 0 Å². The molecule has 7 nitrogen and oxygen atoms in total. The van der Waals surface area contributed by atoms with Crippen LogP contribution in [-0.2, 0) is 55.7 Å². The fourth-order valence-electron chi connectivity index (χ4n) is 8.08. The van der Waals surface area contributed by atoms with Crippen molar-refractivity contribution in [2.45, 2.75) is 56.4 Å². The maximum atomic E-state index is 14.7. The molecule has 7 heteroatoms. The van der Waals surface area contributed by atoms with E-state index >= 15 is 0 Å². The molecule has 0 aromatic heterocycles. The molecule has 7 aromatic carbocycles. The number of rotatable bonds is 17. The zero-order valence-corrected chi connectivity index (χ0v) is 34.2. The van der Waals surface area contributed by atoms with Gasteiger partial charge in [0.25, 0.3) is 0 Å². The van der Waals surface area contributed by atoms with Gasteiger partial charge in [0.1, 0.15) is 30.5 Å². The summed E-state index contributed by atoms with van der Waals surface area (Å²) in [5.41, 5.74) is 5.68. The monoisotopic (exact) mass is 809 g/mol. The van der Waals surface area contributed by atoms with Crippen LogP contribution in [0.15, 0.2) is 212 Å². The van der Waals surface area contributed by atoms with Crippen LogP contribution in [-0.4, -0.2) is 48.5 Å². The third-order valence-corrected chi connectivity index (χ3v) is 11.2. The van der Waals surface area contributed by atoms with Crippen molar-refractivity contribution in [3.05, 3.63) is 251 Å². The molecule has 0 saturated carbocycles. The number of hydrogen-bond acceptors (Lipinski definition) is 6. The van der Waals surface area contributed by atoms with Crippen molar-refractivity contribution in [3.63, 3.8) is 0 Å².